The number of nitrogens with one attached hydrogen (secondary N) is 1. The van der Waals surface area contributed by atoms with Crippen molar-refractivity contribution in [3.63, 3.8) is 0 Å². The molecule has 3 aromatic rings. The van der Waals surface area contributed by atoms with Crippen LogP contribution in [0, 0.1) is 29.8 Å². The van der Waals surface area contributed by atoms with Crippen molar-refractivity contribution in [2.24, 2.45) is 5.41 Å². The first-order chi connectivity index (χ1) is 23.5. The highest BCUT2D eigenvalue weighted by Crippen LogP contribution is 2.69. The summed E-state index contributed by atoms with van der Waals surface area (Å²) in [6.07, 6.45) is -2.97. The topological polar surface area (TPSA) is 102 Å². The van der Waals surface area contributed by atoms with Crippen molar-refractivity contribution >= 4 is 22.4 Å². The van der Waals surface area contributed by atoms with Crippen LogP contribution in [0.25, 0.3) is 22.2 Å². The monoisotopic (exact) mass is 711 g/mol. The number of halogens is 8. The van der Waals surface area contributed by atoms with Crippen LogP contribution in [0.2, 0.25) is 0 Å². The number of piperazine rings is 1. The van der Waals surface area contributed by atoms with Gasteiger partial charge in [-0.1, -0.05) is 0 Å². The number of alkyl halides is 5. The van der Waals surface area contributed by atoms with Crippen LogP contribution in [0.4, 0.5) is 46.6 Å². The molecule has 5 aliphatic heterocycles. The Bertz CT molecular complexity index is 1980. The highest BCUT2D eigenvalue weighted by Gasteiger charge is 2.77. The molecule has 2 bridgehead atoms. The molecule has 6 atom stereocenters. The van der Waals surface area contributed by atoms with Gasteiger partial charge in [-0.25, -0.2) is 26.9 Å². The molecule has 0 amide bonds. The second-order valence-electron chi connectivity index (χ2n) is 14.9. The van der Waals surface area contributed by atoms with E-state index in [-0.39, 0.29) is 67.2 Å². The molecule has 1 aromatic carbocycles. The molecule has 17 heteroatoms. The van der Waals surface area contributed by atoms with Crippen LogP contribution in [0.5, 0.6) is 11.9 Å². The van der Waals surface area contributed by atoms with Gasteiger partial charge in [0.1, 0.15) is 40.8 Å². The van der Waals surface area contributed by atoms with Gasteiger partial charge in [0, 0.05) is 31.6 Å². The van der Waals surface area contributed by atoms with E-state index in [9.17, 15) is 26.3 Å². The maximum Gasteiger partial charge on any atom is 0.417 e. The Morgan fingerprint density at radius 3 is 2.54 bits per heavy atom. The minimum absolute atomic E-state index is 0.0480. The van der Waals surface area contributed by atoms with E-state index in [2.05, 4.69) is 15.3 Å². The Labute approximate surface area is 280 Å². The fourth-order valence-electron chi connectivity index (χ4n) is 9.59. The van der Waals surface area contributed by atoms with Crippen molar-refractivity contribution in [2.45, 2.75) is 94.2 Å². The Morgan fingerprint density at radius 2 is 1.82 bits per heavy atom. The summed E-state index contributed by atoms with van der Waals surface area (Å²) in [4.78, 5) is 17.1. The molecule has 5 fully saturated rings. The van der Waals surface area contributed by atoms with E-state index in [1.54, 1.807) is 6.92 Å². The van der Waals surface area contributed by atoms with Crippen LogP contribution in [-0.2, 0) is 6.18 Å². The summed E-state index contributed by atoms with van der Waals surface area (Å²) in [5.41, 5.74) is -3.37. The molecular formula is C33H33F8N7O2. The zero-order chi connectivity index (χ0) is 35.3. The zero-order valence-corrected chi connectivity index (χ0v) is 27.0. The standard InChI is InChI=1S/C33H33F8N7O2/c1-13-19(33(39,40)41)17(21(35)23(42)20(13)34)24-22(36)25-18-27(48-8-15-4-5-16(43-15)26(48)14(2)50-28(18)44-24)46-29(45-25)49-12-31-6-3-7-47(31)11-30(9-31)10-32(30,37)38/h14-16,26,43H,3-12,42H2,1-2H3/t14-,15+,16-,26+,30?,31-/m0/s1. The smallest absolute Gasteiger partial charge is 0.417 e. The molecule has 2 aromatic heterocycles. The van der Waals surface area contributed by atoms with Crippen LogP contribution >= 0.6 is 0 Å². The average molecular weight is 712 g/mol. The molecule has 50 heavy (non-hydrogen) atoms. The van der Waals surface area contributed by atoms with Gasteiger partial charge in [-0.05, 0) is 58.1 Å². The van der Waals surface area contributed by atoms with Crippen LogP contribution in [0.3, 0.4) is 0 Å². The largest absolute Gasteiger partial charge is 0.472 e. The highest BCUT2D eigenvalue weighted by atomic mass is 19.4. The van der Waals surface area contributed by atoms with Crippen molar-refractivity contribution in [3.8, 4) is 23.1 Å². The molecule has 1 aliphatic carbocycles. The second-order valence-corrected chi connectivity index (χ2v) is 14.9. The van der Waals surface area contributed by atoms with Gasteiger partial charge in [-0.2, -0.15) is 23.1 Å². The minimum atomic E-state index is -5.33. The van der Waals surface area contributed by atoms with Gasteiger partial charge in [-0.15, -0.1) is 0 Å². The van der Waals surface area contributed by atoms with Gasteiger partial charge in [-0.3, -0.25) is 4.90 Å². The minimum Gasteiger partial charge on any atom is -0.472 e. The lowest BCUT2D eigenvalue weighted by Crippen LogP contribution is -2.62. The van der Waals surface area contributed by atoms with Crippen LogP contribution < -0.4 is 25.4 Å². The molecule has 9 rings (SSSR count). The zero-order valence-electron chi connectivity index (χ0n) is 27.0. The van der Waals surface area contributed by atoms with Crippen molar-refractivity contribution in [2.75, 3.05) is 36.9 Å². The van der Waals surface area contributed by atoms with Gasteiger partial charge >= 0.3 is 12.2 Å². The van der Waals surface area contributed by atoms with E-state index in [1.165, 1.54) is 0 Å². The van der Waals surface area contributed by atoms with E-state index >= 15 is 8.78 Å². The van der Waals surface area contributed by atoms with Crippen LogP contribution in [0.1, 0.15) is 56.6 Å². The van der Waals surface area contributed by atoms with Gasteiger partial charge in [0.15, 0.2) is 17.5 Å². The number of pyridine rings is 1. The number of ether oxygens (including phenoxy) is 2. The first-order valence-corrected chi connectivity index (χ1v) is 16.7. The summed E-state index contributed by atoms with van der Waals surface area (Å²) >= 11 is 0. The lowest BCUT2D eigenvalue weighted by Gasteiger charge is -2.42. The quantitative estimate of drug-likeness (QED) is 0.259. The maximum atomic E-state index is 16.9. The first kappa shape index (κ1) is 32.2. The van der Waals surface area contributed by atoms with Gasteiger partial charge in [0.05, 0.1) is 28.1 Å². The van der Waals surface area contributed by atoms with E-state index < -0.39 is 80.2 Å². The highest BCUT2D eigenvalue weighted by molar-refractivity contribution is 5.97. The fourth-order valence-corrected chi connectivity index (χ4v) is 9.59. The predicted octanol–water partition coefficient (Wildman–Crippen LogP) is 5.75. The number of hydrogen-bond donors (Lipinski definition) is 2. The molecule has 1 spiro atoms. The second kappa shape index (κ2) is 10.2. The maximum absolute atomic E-state index is 16.9. The van der Waals surface area contributed by atoms with Gasteiger partial charge in [0.2, 0.25) is 5.88 Å². The van der Waals surface area contributed by atoms with Crippen LogP contribution in [0.15, 0.2) is 0 Å². The third kappa shape index (κ3) is 4.34. The first-order valence-electron chi connectivity index (χ1n) is 16.7. The predicted molar refractivity (Wildman–Crippen MR) is 164 cm³/mol. The lowest BCUT2D eigenvalue weighted by atomic mass is 9.89. The number of nitrogens with zero attached hydrogens (tertiary/aromatic N) is 5. The van der Waals surface area contributed by atoms with E-state index in [1.807, 2.05) is 9.80 Å². The molecule has 268 valence electrons. The fraction of sp³-hybridized carbons (Fsp3) is 0.606. The summed E-state index contributed by atoms with van der Waals surface area (Å²) in [5, 5.41) is 3.50. The molecule has 4 saturated heterocycles. The summed E-state index contributed by atoms with van der Waals surface area (Å²) < 4.78 is 132. The summed E-state index contributed by atoms with van der Waals surface area (Å²) in [6.45, 7) is 3.71. The number of rotatable bonds is 4. The number of nitrogen functional groups attached to an aromatic ring is 1. The Morgan fingerprint density at radius 1 is 1.06 bits per heavy atom. The Balaban J connectivity index is 1.23. The number of aromatic nitrogens is 3. The number of anilines is 2. The van der Waals surface area contributed by atoms with Gasteiger partial charge < -0.3 is 25.4 Å². The van der Waals surface area contributed by atoms with E-state index in [0.29, 0.717) is 19.5 Å². The molecule has 1 saturated carbocycles. The number of nitrogens with two attached hydrogens (primary N) is 1. The third-order valence-corrected chi connectivity index (χ3v) is 12.0. The summed E-state index contributed by atoms with van der Waals surface area (Å²) in [5.74, 6) is -7.84. The van der Waals surface area contributed by atoms with Crippen molar-refractivity contribution in [1.82, 2.24) is 25.2 Å². The van der Waals surface area contributed by atoms with E-state index in [0.717, 1.165) is 26.2 Å². The summed E-state index contributed by atoms with van der Waals surface area (Å²) in [7, 11) is 0. The summed E-state index contributed by atoms with van der Waals surface area (Å²) in [6, 6.07) is -0.718. The van der Waals surface area contributed by atoms with Crippen LogP contribution in [-0.4, -0.2) is 81.8 Å². The molecule has 0 radical (unpaired) electrons. The Kier molecular flexibility index (Phi) is 6.57. The Hall–Kier alpha value is -3.73. The SMILES string of the molecule is Cc1c(F)c(N)c(F)c(-c2nc3c4c(nc(OC[C@@]56CCCN5CC5(CC5(F)F)C6)nc4c2F)N2C[C@H]4CC[C@H](N4)[C@H]2[C@H](C)O3)c1C(F)(F)F. The number of hydrogen-bond acceptors (Lipinski definition) is 9. The lowest BCUT2D eigenvalue weighted by molar-refractivity contribution is -0.137. The molecular weight excluding hydrogens is 678 g/mol. The van der Waals surface area contributed by atoms with Crippen molar-refractivity contribution in [1.29, 1.82) is 0 Å². The van der Waals surface area contributed by atoms with Crippen molar-refractivity contribution in [3.05, 3.63) is 28.6 Å². The van der Waals surface area contributed by atoms with Crippen molar-refractivity contribution < 1.29 is 44.6 Å². The molecule has 9 nitrogen and oxygen atoms in total. The molecule has 1 unspecified atom stereocenters. The number of fused-ring (bicyclic) bond motifs is 6. The molecule has 6 aliphatic rings. The normalized spacial score (nSPS) is 32.3. The molecule has 3 N–H and O–H groups in total. The average Bonchev–Trinajstić information content (AvgIpc) is 3.36. The third-order valence-electron chi connectivity index (χ3n) is 12.0. The van der Waals surface area contributed by atoms with Gasteiger partial charge in [0.25, 0.3) is 5.92 Å². The molecule has 7 heterocycles. The number of benzene rings is 1. The van der Waals surface area contributed by atoms with E-state index in [4.69, 9.17) is 20.2 Å².